The highest BCUT2D eigenvalue weighted by molar-refractivity contribution is 14.1. The van der Waals surface area contributed by atoms with E-state index >= 15 is 0 Å². The van der Waals surface area contributed by atoms with Crippen LogP contribution in [0.1, 0.15) is 103 Å². The molecule has 0 aromatic heterocycles. The third kappa shape index (κ3) is 10.7. The molecule has 0 saturated heterocycles. The highest BCUT2D eigenvalue weighted by atomic mass is 127. The summed E-state index contributed by atoms with van der Waals surface area (Å²) in [4.78, 5) is 0. The summed E-state index contributed by atoms with van der Waals surface area (Å²) < 4.78 is 115. The van der Waals surface area contributed by atoms with E-state index in [1.165, 1.54) is 61.1 Å². The van der Waals surface area contributed by atoms with E-state index in [1.54, 1.807) is 0 Å². The van der Waals surface area contributed by atoms with Gasteiger partial charge in [0.25, 0.3) is 5.67 Å². The van der Waals surface area contributed by atoms with Gasteiger partial charge in [0.1, 0.15) is 0 Å². The maximum absolute atomic E-state index is 14.1. The lowest BCUT2D eigenvalue weighted by atomic mass is 9.89. The topological polar surface area (TPSA) is 0 Å². The van der Waals surface area contributed by atoms with Gasteiger partial charge in [-0.15, -0.1) is 0 Å². The smallest absolute Gasteiger partial charge is 0.227 e. The predicted molar refractivity (Wildman–Crippen MR) is 114 cm³/mol. The standard InChI is InChI=1S/C21H34F9I/c1-2-3-4-5-6-7-8-9-10-11-12-13-14-15-17(31)16-18(22,20(25,26)27)19(23,24)21(28,29)30/h17H,2-16H2,1H3. The zero-order chi connectivity index (χ0) is 24.2. The summed E-state index contributed by atoms with van der Waals surface area (Å²) >= 11 is 1.33. The Balaban J connectivity index is 4.15. The second-order valence-electron chi connectivity index (χ2n) is 8.20. The molecule has 2 unspecified atom stereocenters. The van der Waals surface area contributed by atoms with Gasteiger partial charge in [0.15, 0.2) is 0 Å². The molecule has 0 saturated carbocycles. The largest absolute Gasteiger partial charge is 0.457 e. The molecule has 10 heteroatoms. The van der Waals surface area contributed by atoms with E-state index in [2.05, 4.69) is 6.92 Å². The van der Waals surface area contributed by atoms with Crippen molar-refractivity contribution in [3.8, 4) is 0 Å². The van der Waals surface area contributed by atoms with Gasteiger partial charge in [-0.2, -0.15) is 35.1 Å². The van der Waals surface area contributed by atoms with Crippen LogP contribution in [0.25, 0.3) is 0 Å². The average molecular weight is 584 g/mol. The Bertz CT molecular complexity index is 463. The van der Waals surface area contributed by atoms with Gasteiger partial charge in [0.05, 0.1) is 0 Å². The summed E-state index contributed by atoms with van der Waals surface area (Å²) in [6.45, 7) is 2.17. The zero-order valence-electron chi connectivity index (χ0n) is 18.0. The molecule has 0 amide bonds. The molecule has 31 heavy (non-hydrogen) atoms. The molecule has 0 rings (SSSR count). The lowest BCUT2D eigenvalue weighted by molar-refractivity contribution is -0.384. The minimum atomic E-state index is -6.62. The summed E-state index contributed by atoms with van der Waals surface area (Å²) in [5.74, 6) is -6.50. The van der Waals surface area contributed by atoms with Crippen LogP contribution in [0.15, 0.2) is 0 Å². The first-order valence-electron chi connectivity index (χ1n) is 11.0. The van der Waals surface area contributed by atoms with Crippen LogP contribution in [-0.2, 0) is 0 Å². The average Bonchev–Trinajstić information content (AvgIpc) is 2.63. The fourth-order valence-corrected chi connectivity index (χ4v) is 4.48. The Morgan fingerprint density at radius 2 is 0.903 bits per heavy atom. The maximum Gasteiger partial charge on any atom is 0.457 e. The third-order valence-electron chi connectivity index (χ3n) is 5.43. The van der Waals surface area contributed by atoms with Gasteiger partial charge in [0.2, 0.25) is 0 Å². The summed E-state index contributed by atoms with van der Waals surface area (Å²) in [6, 6.07) is 0. The second kappa shape index (κ2) is 14.4. The van der Waals surface area contributed by atoms with Crippen LogP contribution in [0.3, 0.4) is 0 Å². The Kier molecular flexibility index (Phi) is 14.4. The van der Waals surface area contributed by atoms with Gasteiger partial charge < -0.3 is 0 Å². The van der Waals surface area contributed by atoms with Crippen LogP contribution in [0, 0.1) is 0 Å². The first-order valence-corrected chi connectivity index (χ1v) is 12.3. The van der Waals surface area contributed by atoms with E-state index in [4.69, 9.17) is 0 Å². The molecule has 0 aromatic rings. The molecule has 0 heterocycles. The molecule has 0 bridgehead atoms. The van der Waals surface area contributed by atoms with E-state index in [1.807, 2.05) is 0 Å². The zero-order valence-corrected chi connectivity index (χ0v) is 20.1. The van der Waals surface area contributed by atoms with Crippen LogP contribution in [0.2, 0.25) is 0 Å². The van der Waals surface area contributed by atoms with E-state index in [9.17, 15) is 39.5 Å². The lowest BCUT2D eigenvalue weighted by Gasteiger charge is -2.37. The molecule has 188 valence electrons. The van der Waals surface area contributed by atoms with Crippen molar-refractivity contribution in [3.63, 3.8) is 0 Å². The van der Waals surface area contributed by atoms with Gasteiger partial charge in [-0.3, -0.25) is 0 Å². The Morgan fingerprint density at radius 3 is 1.23 bits per heavy atom. The van der Waals surface area contributed by atoms with Crippen molar-refractivity contribution in [2.75, 3.05) is 0 Å². The highest BCUT2D eigenvalue weighted by Gasteiger charge is 2.80. The van der Waals surface area contributed by atoms with Crippen molar-refractivity contribution in [2.45, 2.75) is 131 Å². The SMILES string of the molecule is CCCCCCCCCCCCCCCC(I)CC(F)(C(F)(F)F)C(F)(F)C(F)(F)F. The van der Waals surface area contributed by atoms with E-state index in [0.717, 1.165) is 32.1 Å². The van der Waals surface area contributed by atoms with Crippen molar-refractivity contribution in [3.05, 3.63) is 0 Å². The molecular formula is C21H34F9I. The Labute approximate surface area is 193 Å². The first kappa shape index (κ1) is 31.1. The van der Waals surface area contributed by atoms with Crippen molar-refractivity contribution < 1.29 is 39.5 Å². The van der Waals surface area contributed by atoms with Gasteiger partial charge >= 0.3 is 18.3 Å². The van der Waals surface area contributed by atoms with E-state index < -0.39 is 34.3 Å². The normalized spacial score (nSPS) is 16.4. The molecule has 2 atom stereocenters. The van der Waals surface area contributed by atoms with Crippen LogP contribution in [0.5, 0.6) is 0 Å². The number of alkyl halides is 10. The van der Waals surface area contributed by atoms with E-state index in [-0.39, 0.29) is 6.42 Å². The number of halogens is 10. The number of unbranched alkanes of at least 4 members (excludes halogenated alkanes) is 12. The van der Waals surface area contributed by atoms with Crippen LogP contribution < -0.4 is 0 Å². The van der Waals surface area contributed by atoms with Crippen LogP contribution in [0.4, 0.5) is 39.5 Å². The molecule has 0 aliphatic carbocycles. The predicted octanol–water partition coefficient (Wildman–Crippen LogP) is 10.1. The van der Waals surface area contributed by atoms with Crippen molar-refractivity contribution in [1.29, 1.82) is 0 Å². The molecule has 0 spiro atoms. The molecule has 0 fully saturated rings. The highest BCUT2D eigenvalue weighted by Crippen LogP contribution is 2.55. The molecule has 0 aliphatic rings. The number of hydrogen-bond donors (Lipinski definition) is 0. The van der Waals surface area contributed by atoms with E-state index in [0.29, 0.717) is 12.8 Å². The number of rotatable bonds is 17. The fraction of sp³-hybridized carbons (Fsp3) is 1.00. The molecule has 0 aromatic carbocycles. The summed E-state index contributed by atoms with van der Waals surface area (Å²) in [7, 11) is 0. The minimum absolute atomic E-state index is 0.0476. The van der Waals surface area contributed by atoms with Crippen LogP contribution >= 0.6 is 22.6 Å². The van der Waals surface area contributed by atoms with Gasteiger partial charge in [-0.25, -0.2) is 4.39 Å². The molecule has 0 N–H and O–H groups in total. The summed E-state index contributed by atoms with van der Waals surface area (Å²) in [5.41, 5.74) is -5.64. The summed E-state index contributed by atoms with van der Waals surface area (Å²) in [6.07, 6.45) is -1.46. The van der Waals surface area contributed by atoms with Crippen molar-refractivity contribution in [2.24, 2.45) is 0 Å². The first-order chi connectivity index (χ1) is 14.2. The van der Waals surface area contributed by atoms with Gasteiger partial charge in [-0.05, 0) is 6.42 Å². The third-order valence-corrected chi connectivity index (χ3v) is 6.49. The maximum atomic E-state index is 14.1. The van der Waals surface area contributed by atoms with Crippen molar-refractivity contribution in [1.82, 2.24) is 0 Å². The summed E-state index contributed by atoms with van der Waals surface area (Å²) in [5, 5.41) is 0. The fourth-order valence-electron chi connectivity index (χ4n) is 3.44. The molecule has 0 aliphatic heterocycles. The van der Waals surface area contributed by atoms with Gasteiger partial charge in [-0.1, -0.05) is 113 Å². The Hall–Kier alpha value is 0.1000. The van der Waals surface area contributed by atoms with Crippen LogP contribution in [-0.4, -0.2) is 27.9 Å². The molecule has 0 nitrogen and oxygen atoms in total. The Morgan fingerprint density at radius 1 is 0.548 bits per heavy atom. The lowest BCUT2D eigenvalue weighted by Crippen LogP contribution is -2.62. The quantitative estimate of drug-likeness (QED) is 0.0691. The van der Waals surface area contributed by atoms with Crippen molar-refractivity contribution >= 4 is 22.6 Å². The van der Waals surface area contributed by atoms with Gasteiger partial charge in [0, 0.05) is 10.3 Å². The minimum Gasteiger partial charge on any atom is -0.227 e. The molecule has 0 radical (unpaired) electrons. The molecular weight excluding hydrogens is 550 g/mol. The monoisotopic (exact) mass is 584 g/mol. The number of hydrogen-bond acceptors (Lipinski definition) is 0. The second-order valence-corrected chi connectivity index (χ2v) is 9.97.